The number of fused-ring (bicyclic) bond motifs is 1. The molecular weight excluding hydrogens is 295 g/mol. The Labute approximate surface area is 124 Å². The first kappa shape index (κ1) is 14.4. The monoisotopic (exact) mass is 307 g/mol. The molecule has 114 valence electrons. The molecule has 0 saturated heterocycles. The van der Waals surface area contributed by atoms with Crippen molar-refractivity contribution in [3.63, 3.8) is 0 Å². The van der Waals surface area contributed by atoms with Crippen molar-refractivity contribution in [2.45, 2.75) is 12.8 Å². The van der Waals surface area contributed by atoms with E-state index in [2.05, 4.69) is 4.74 Å². The number of anilines is 1. The summed E-state index contributed by atoms with van der Waals surface area (Å²) in [4.78, 5) is 12.6. The number of halogens is 3. The van der Waals surface area contributed by atoms with Gasteiger partial charge in [0.2, 0.25) is 6.41 Å². The third-order valence-electron chi connectivity index (χ3n) is 3.59. The van der Waals surface area contributed by atoms with E-state index in [1.807, 2.05) is 18.2 Å². The second-order valence-electron chi connectivity index (χ2n) is 4.92. The van der Waals surface area contributed by atoms with Gasteiger partial charge in [-0.1, -0.05) is 24.3 Å². The topological polar surface area (TPSA) is 29.5 Å². The van der Waals surface area contributed by atoms with Gasteiger partial charge in [0.25, 0.3) is 0 Å². The Hall–Kier alpha value is -2.50. The van der Waals surface area contributed by atoms with Crippen molar-refractivity contribution in [2.24, 2.45) is 0 Å². The molecule has 1 amide bonds. The van der Waals surface area contributed by atoms with Crippen molar-refractivity contribution in [1.82, 2.24) is 0 Å². The first-order valence-corrected chi connectivity index (χ1v) is 6.68. The summed E-state index contributed by atoms with van der Waals surface area (Å²) in [5, 5.41) is 0. The fourth-order valence-electron chi connectivity index (χ4n) is 2.68. The highest BCUT2D eigenvalue weighted by molar-refractivity contribution is 5.85. The highest BCUT2D eigenvalue weighted by Crippen LogP contribution is 2.36. The molecule has 2 aromatic carbocycles. The molecule has 1 aliphatic rings. The van der Waals surface area contributed by atoms with Gasteiger partial charge in [-0.3, -0.25) is 4.79 Å². The molecule has 0 radical (unpaired) electrons. The summed E-state index contributed by atoms with van der Waals surface area (Å²) in [6, 6.07) is 11.3. The minimum Gasteiger partial charge on any atom is -0.406 e. The van der Waals surface area contributed by atoms with Crippen LogP contribution in [0.1, 0.15) is 5.56 Å². The zero-order valence-electron chi connectivity index (χ0n) is 11.4. The number of amides is 1. The standard InChI is InChI=1S/C16H12F3NO2/c17-16(18,19)22-12-6-4-11(5-7-12)13-2-1-3-15-14(13)8-9-20(15)10-21/h1-7,10H,8-9H2. The third-order valence-corrected chi connectivity index (χ3v) is 3.59. The van der Waals surface area contributed by atoms with E-state index in [9.17, 15) is 18.0 Å². The van der Waals surface area contributed by atoms with E-state index in [0.717, 1.165) is 35.2 Å². The lowest BCUT2D eigenvalue weighted by atomic mass is 9.98. The highest BCUT2D eigenvalue weighted by atomic mass is 19.4. The van der Waals surface area contributed by atoms with E-state index in [0.29, 0.717) is 6.54 Å². The Morgan fingerprint density at radius 3 is 2.45 bits per heavy atom. The Bertz CT molecular complexity index is 696. The Morgan fingerprint density at radius 2 is 1.82 bits per heavy atom. The molecule has 0 saturated carbocycles. The van der Waals surface area contributed by atoms with Crippen LogP contribution >= 0.6 is 0 Å². The fraction of sp³-hybridized carbons (Fsp3) is 0.188. The van der Waals surface area contributed by atoms with Gasteiger partial charge in [-0.2, -0.15) is 0 Å². The predicted octanol–water partition coefficient (Wildman–Crippen LogP) is 3.77. The van der Waals surface area contributed by atoms with Crippen molar-refractivity contribution < 1.29 is 22.7 Å². The second-order valence-corrected chi connectivity index (χ2v) is 4.92. The molecule has 0 bridgehead atoms. The van der Waals surface area contributed by atoms with Crippen LogP contribution in [0.3, 0.4) is 0 Å². The van der Waals surface area contributed by atoms with Crippen LogP contribution in [0.5, 0.6) is 5.75 Å². The number of alkyl halides is 3. The summed E-state index contributed by atoms with van der Waals surface area (Å²) in [6.45, 7) is 0.616. The number of benzene rings is 2. The van der Waals surface area contributed by atoms with Crippen molar-refractivity contribution in [3.8, 4) is 16.9 Å². The predicted molar refractivity (Wildman–Crippen MR) is 75.7 cm³/mol. The van der Waals surface area contributed by atoms with Gasteiger partial charge in [0.15, 0.2) is 0 Å². The van der Waals surface area contributed by atoms with Crippen LogP contribution in [-0.4, -0.2) is 19.3 Å². The molecule has 3 nitrogen and oxygen atoms in total. The summed E-state index contributed by atoms with van der Waals surface area (Å²) in [6.07, 6.45) is -3.18. The number of hydrogen-bond acceptors (Lipinski definition) is 2. The van der Waals surface area contributed by atoms with Gasteiger partial charge < -0.3 is 9.64 Å². The van der Waals surface area contributed by atoms with E-state index in [-0.39, 0.29) is 5.75 Å². The number of nitrogens with zero attached hydrogens (tertiary/aromatic N) is 1. The van der Waals surface area contributed by atoms with Gasteiger partial charge >= 0.3 is 6.36 Å². The van der Waals surface area contributed by atoms with Crippen LogP contribution in [-0.2, 0) is 11.2 Å². The molecule has 1 heterocycles. The van der Waals surface area contributed by atoms with E-state index >= 15 is 0 Å². The Kier molecular flexibility index (Phi) is 3.52. The van der Waals surface area contributed by atoms with E-state index in [1.165, 1.54) is 12.1 Å². The maximum Gasteiger partial charge on any atom is 0.573 e. The van der Waals surface area contributed by atoms with E-state index in [1.54, 1.807) is 17.0 Å². The molecule has 0 unspecified atom stereocenters. The van der Waals surface area contributed by atoms with Gasteiger partial charge in [-0.25, -0.2) is 0 Å². The maximum absolute atomic E-state index is 12.2. The first-order valence-electron chi connectivity index (χ1n) is 6.68. The van der Waals surface area contributed by atoms with Crippen LogP contribution in [0.25, 0.3) is 11.1 Å². The number of carbonyl (C=O) groups excluding carboxylic acids is 1. The summed E-state index contributed by atoms with van der Waals surface area (Å²) in [5.41, 5.74) is 3.58. The van der Waals surface area contributed by atoms with Crippen LogP contribution in [0.2, 0.25) is 0 Å². The molecule has 0 atom stereocenters. The summed E-state index contributed by atoms with van der Waals surface area (Å²) in [5.74, 6) is -0.252. The smallest absolute Gasteiger partial charge is 0.406 e. The molecule has 0 spiro atoms. The van der Waals surface area contributed by atoms with Crippen LogP contribution in [0, 0.1) is 0 Å². The average Bonchev–Trinajstić information content (AvgIpc) is 2.89. The zero-order chi connectivity index (χ0) is 15.7. The number of rotatable bonds is 3. The molecule has 0 N–H and O–H groups in total. The van der Waals surface area contributed by atoms with Gasteiger partial charge in [-0.05, 0) is 41.3 Å². The van der Waals surface area contributed by atoms with Crippen LogP contribution < -0.4 is 9.64 Å². The Balaban J connectivity index is 1.93. The largest absolute Gasteiger partial charge is 0.573 e. The molecule has 22 heavy (non-hydrogen) atoms. The SMILES string of the molecule is O=CN1CCc2c(-c3ccc(OC(F)(F)F)cc3)cccc21. The quantitative estimate of drug-likeness (QED) is 0.808. The lowest BCUT2D eigenvalue weighted by molar-refractivity contribution is -0.274. The van der Waals surface area contributed by atoms with Crippen molar-refractivity contribution in [2.75, 3.05) is 11.4 Å². The van der Waals surface area contributed by atoms with E-state index < -0.39 is 6.36 Å². The second kappa shape index (κ2) is 5.36. The fourth-order valence-corrected chi connectivity index (χ4v) is 2.68. The molecule has 0 aliphatic carbocycles. The number of carbonyl (C=O) groups is 1. The van der Waals surface area contributed by atoms with Gasteiger partial charge in [0.1, 0.15) is 5.75 Å². The molecule has 2 aromatic rings. The zero-order valence-corrected chi connectivity index (χ0v) is 11.4. The van der Waals surface area contributed by atoms with Crippen molar-refractivity contribution in [1.29, 1.82) is 0 Å². The van der Waals surface area contributed by atoms with Gasteiger partial charge in [0.05, 0.1) is 0 Å². The minimum absolute atomic E-state index is 0.252. The lowest BCUT2D eigenvalue weighted by Gasteiger charge is -2.13. The summed E-state index contributed by atoms with van der Waals surface area (Å²) in [7, 11) is 0. The Morgan fingerprint density at radius 1 is 1.09 bits per heavy atom. The normalized spacial score (nSPS) is 13.9. The summed E-state index contributed by atoms with van der Waals surface area (Å²) >= 11 is 0. The number of ether oxygens (including phenoxy) is 1. The minimum atomic E-state index is -4.69. The van der Waals surface area contributed by atoms with Crippen LogP contribution in [0.15, 0.2) is 42.5 Å². The molecule has 0 fully saturated rings. The lowest BCUT2D eigenvalue weighted by Crippen LogP contribution is -2.17. The first-order chi connectivity index (χ1) is 10.5. The molecule has 3 rings (SSSR count). The van der Waals surface area contributed by atoms with Crippen LogP contribution in [0.4, 0.5) is 18.9 Å². The molecule has 6 heteroatoms. The average molecular weight is 307 g/mol. The van der Waals surface area contributed by atoms with E-state index in [4.69, 9.17) is 0 Å². The van der Waals surface area contributed by atoms with Gasteiger partial charge in [-0.15, -0.1) is 13.2 Å². The van der Waals surface area contributed by atoms with Gasteiger partial charge in [0, 0.05) is 12.2 Å². The summed E-state index contributed by atoms with van der Waals surface area (Å²) < 4.78 is 40.4. The third kappa shape index (κ3) is 2.77. The highest BCUT2D eigenvalue weighted by Gasteiger charge is 2.31. The number of hydrogen-bond donors (Lipinski definition) is 0. The molecular formula is C16H12F3NO2. The molecule has 1 aliphatic heterocycles. The van der Waals surface area contributed by atoms with Crippen molar-refractivity contribution in [3.05, 3.63) is 48.0 Å². The molecule has 0 aromatic heterocycles. The van der Waals surface area contributed by atoms with Crippen molar-refractivity contribution >= 4 is 12.1 Å². The maximum atomic E-state index is 12.2.